The van der Waals surface area contributed by atoms with Crippen molar-refractivity contribution in [2.24, 2.45) is 0 Å². The average molecular weight is 675 g/mol. The summed E-state index contributed by atoms with van der Waals surface area (Å²) in [5.74, 6) is -8.35. The van der Waals surface area contributed by atoms with Gasteiger partial charge in [-0.1, -0.05) is 12.1 Å². The highest BCUT2D eigenvalue weighted by molar-refractivity contribution is 5.93. The number of aromatic carboxylic acids is 1. The van der Waals surface area contributed by atoms with Gasteiger partial charge in [0.05, 0.1) is 12.0 Å². The normalized spacial score (nSPS) is 21.3. The van der Waals surface area contributed by atoms with E-state index in [1.165, 1.54) is 24.3 Å². The number of carboxylic acid groups (broad SMARTS) is 1. The first kappa shape index (κ1) is 31.3. The maximum absolute atomic E-state index is 13.0. The smallest absolute Gasteiger partial charge is 0.371 e. The standard InChI is InChI=1S/C34H26O15/c35-14-3-1-11(5-16(14)37)31-21(42)7-13-22(47-31)8-20(41)26(29(13)43)28-27-23(48-32(30(28)44)12-2-4-15(36)17(38)6-12)9-18(39)25-19(40)10-24(34(45)46)49-33(25)27/h1-6,8-10,21,28,30-32,35-39,41-44H,7H2,(H,45,46)/t21-,28+,30+,31+,32+/m1/s1. The number of rotatable bonds is 4. The zero-order valence-corrected chi connectivity index (χ0v) is 24.8. The molecule has 5 atom stereocenters. The number of benzene rings is 4. The van der Waals surface area contributed by atoms with Crippen molar-refractivity contribution in [1.82, 2.24) is 0 Å². The molecule has 15 heteroatoms. The number of phenols is 7. The molecule has 0 unspecified atom stereocenters. The van der Waals surface area contributed by atoms with Gasteiger partial charge in [-0.25, -0.2) is 4.79 Å². The predicted molar refractivity (Wildman–Crippen MR) is 165 cm³/mol. The van der Waals surface area contributed by atoms with E-state index in [1.54, 1.807) is 0 Å². The van der Waals surface area contributed by atoms with Gasteiger partial charge in [-0.2, -0.15) is 0 Å². The van der Waals surface area contributed by atoms with Crippen LogP contribution in [0.5, 0.6) is 51.7 Å². The highest BCUT2D eigenvalue weighted by Crippen LogP contribution is 2.56. The van der Waals surface area contributed by atoms with E-state index in [0.29, 0.717) is 6.07 Å². The van der Waals surface area contributed by atoms with Crippen LogP contribution >= 0.6 is 0 Å². The van der Waals surface area contributed by atoms with Crippen LogP contribution in [0.25, 0.3) is 11.0 Å². The molecule has 0 spiro atoms. The quantitative estimate of drug-likeness (QED) is 0.123. The van der Waals surface area contributed by atoms with Gasteiger partial charge < -0.3 is 65.0 Å². The molecule has 0 radical (unpaired) electrons. The maximum Gasteiger partial charge on any atom is 0.371 e. The fourth-order valence-electron chi connectivity index (χ4n) is 6.50. The number of fused-ring (bicyclic) bond motifs is 4. The van der Waals surface area contributed by atoms with Crippen LogP contribution in [-0.4, -0.2) is 69.2 Å². The first-order chi connectivity index (χ1) is 23.2. The number of aliphatic hydroxyl groups is 2. The van der Waals surface area contributed by atoms with E-state index in [-0.39, 0.29) is 45.7 Å². The molecule has 10 N–H and O–H groups in total. The number of aromatic hydroxyl groups is 7. The van der Waals surface area contributed by atoms with E-state index in [2.05, 4.69) is 0 Å². The van der Waals surface area contributed by atoms with Gasteiger partial charge in [0.1, 0.15) is 51.9 Å². The van der Waals surface area contributed by atoms with Crippen molar-refractivity contribution < 1.29 is 69.8 Å². The first-order valence-corrected chi connectivity index (χ1v) is 14.6. The van der Waals surface area contributed by atoms with Crippen LogP contribution in [0.2, 0.25) is 0 Å². The van der Waals surface area contributed by atoms with Crippen molar-refractivity contribution in [2.45, 2.75) is 36.8 Å². The summed E-state index contributed by atoms with van der Waals surface area (Å²) in [6.07, 6.45) is -5.97. The summed E-state index contributed by atoms with van der Waals surface area (Å²) in [7, 11) is 0. The molecule has 3 heterocycles. The van der Waals surface area contributed by atoms with Gasteiger partial charge in [-0.15, -0.1) is 0 Å². The molecule has 0 bridgehead atoms. The molecule has 2 aliphatic rings. The van der Waals surface area contributed by atoms with Crippen LogP contribution in [0.3, 0.4) is 0 Å². The number of ether oxygens (including phenoxy) is 2. The van der Waals surface area contributed by atoms with Crippen molar-refractivity contribution in [3.05, 3.63) is 98.4 Å². The molecule has 252 valence electrons. The van der Waals surface area contributed by atoms with E-state index in [0.717, 1.165) is 24.3 Å². The summed E-state index contributed by atoms with van der Waals surface area (Å²) in [5.41, 5.74) is -1.77. The van der Waals surface area contributed by atoms with Gasteiger partial charge >= 0.3 is 5.97 Å². The van der Waals surface area contributed by atoms with Crippen LogP contribution in [0.4, 0.5) is 0 Å². The molecule has 2 aliphatic heterocycles. The van der Waals surface area contributed by atoms with Crippen molar-refractivity contribution in [3.63, 3.8) is 0 Å². The lowest BCUT2D eigenvalue weighted by molar-refractivity contribution is 0.00680. The zero-order valence-electron chi connectivity index (χ0n) is 24.8. The van der Waals surface area contributed by atoms with Crippen molar-refractivity contribution in [3.8, 4) is 51.7 Å². The Morgan fingerprint density at radius 3 is 1.88 bits per heavy atom. The third-order valence-corrected chi connectivity index (χ3v) is 8.77. The molecule has 5 aromatic rings. The SMILES string of the molecule is O=C(O)c1cc(=O)c2c(O)cc3c(c2o1)[C@H](c1c(O)cc2c(c1O)C[C@@H](O)[C@H](c1ccc(O)c(O)c1)O2)[C@H](O)[C@H](c1ccc(O)c(O)c1)O3. The zero-order chi connectivity index (χ0) is 35.0. The number of phenolic OH excluding ortho intramolecular Hbond substituents is 7. The Hall–Kier alpha value is -6.32. The topological polar surface area (TPSA) is 268 Å². The first-order valence-electron chi connectivity index (χ1n) is 14.6. The highest BCUT2D eigenvalue weighted by atomic mass is 16.5. The van der Waals surface area contributed by atoms with Crippen molar-refractivity contribution >= 4 is 16.9 Å². The number of hydrogen-bond acceptors (Lipinski definition) is 14. The van der Waals surface area contributed by atoms with Gasteiger partial charge in [-0.3, -0.25) is 4.79 Å². The second-order valence-electron chi connectivity index (χ2n) is 11.7. The third-order valence-electron chi connectivity index (χ3n) is 8.77. The monoisotopic (exact) mass is 674 g/mol. The molecule has 0 fully saturated rings. The van der Waals surface area contributed by atoms with Crippen LogP contribution in [-0.2, 0) is 6.42 Å². The van der Waals surface area contributed by atoms with Gasteiger partial charge in [0.25, 0.3) is 0 Å². The average Bonchev–Trinajstić information content (AvgIpc) is 3.04. The summed E-state index contributed by atoms with van der Waals surface area (Å²) in [4.78, 5) is 24.9. The molecule has 49 heavy (non-hydrogen) atoms. The molecule has 1 aromatic heterocycles. The van der Waals surface area contributed by atoms with Crippen LogP contribution in [0, 0.1) is 0 Å². The van der Waals surface area contributed by atoms with Crippen LogP contribution in [0.15, 0.2) is 63.8 Å². The Kier molecular flexibility index (Phi) is 7.11. The lowest BCUT2D eigenvalue weighted by Gasteiger charge is -2.39. The molecule has 0 saturated carbocycles. The lowest BCUT2D eigenvalue weighted by Crippen LogP contribution is -2.36. The third kappa shape index (κ3) is 4.90. The number of carboxylic acids is 1. The molecule has 0 aliphatic carbocycles. The van der Waals surface area contributed by atoms with Gasteiger partial charge in [0, 0.05) is 41.3 Å². The second-order valence-corrected chi connectivity index (χ2v) is 11.7. The Morgan fingerprint density at radius 1 is 0.673 bits per heavy atom. The molecule has 0 amide bonds. The summed E-state index contributed by atoms with van der Waals surface area (Å²) >= 11 is 0. The molecule has 4 aromatic carbocycles. The summed E-state index contributed by atoms with van der Waals surface area (Å²) < 4.78 is 17.5. The summed E-state index contributed by atoms with van der Waals surface area (Å²) in [5, 5.41) is 106. The number of aliphatic hydroxyl groups excluding tert-OH is 2. The fourth-order valence-corrected chi connectivity index (χ4v) is 6.50. The largest absolute Gasteiger partial charge is 0.507 e. The summed E-state index contributed by atoms with van der Waals surface area (Å²) in [6, 6.07) is 10.1. The minimum Gasteiger partial charge on any atom is -0.507 e. The Bertz CT molecular complexity index is 2260. The maximum atomic E-state index is 13.0. The van der Waals surface area contributed by atoms with E-state index >= 15 is 0 Å². The van der Waals surface area contributed by atoms with Crippen LogP contribution in [0.1, 0.15) is 56.5 Å². The van der Waals surface area contributed by atoms with Gasteiger partial charge in [0.15, 0.2) is 34.5 Å². The molecular weight excluding hydrogens is 648 g/mol. The van der Waals surface area contributed by atoms with E-state index < -0.39 is 98.7 Å². The van der Waals surface area contributed by atoms with Gasteiger partial charge in [0.2, 0.25) is 5.76 Å². The number of carbonyl (C=O) groups is 1. The second kappa shape index (κ2) is 11.1. The summed E-state index contributed by atoms with van der Waals surface area (Å²) in [6.45, 7) is 0. The minimum absolute atomic E-state index is 0.0191. The van der Waals surface area contributed by atoms with Gasteiger partial charge in [-0.05, 0) is 35.4 Å². The van der Waals surface area contributed by atoms with E-state index in [1.807, 2.05) is 0 Å². The Balaban J connectivity index is 1.45. The molecule has 7 rings (SSSR count). The van der Waals surface area contributed by atoms with E-state index in [4.69, 9.17) is 13.9 Å². The molecule has 0 saturated heterocycles. The lowest BCUT2D eigenvalue weighted by atomic mass is 9.77. The highest BCUT2D eigenvalue weighted by Gasteiger charge is 2.46. The van der Waals surface area contributed by atoms with E-state index in [9.17, 15) is 60.7 Å². The number of hydrogen-bond donors (Lipinski definition) is 10. The van der Waals surface area contributed by atoms with Crippen molar-refractivity contribution in [2.75, 3.05) is 0 Å². The predicted octanol–water partition coefficient (Wildman–Crippen LogP) is 3.09. The Morgan fingerprint density at radius 2 is 1.27 bits per heavy atom. The van der Waals surface area contributed by atoms with Crippen LogP contribution < -0.4 is 14.9 Å². The molecule has 15 nitrogen and oxygen atoms in total. The minimum atomic E-state index is -1.81. The fraction of sp³-hybridized carbons (Fsp3) is 0.176. The van der Waals surface area contributed by atoms with Crippen molar-refractivity contribution in [1.29, 1.82) is 0 Å². The Labute approximate surface area is 273 Å². The molecular formula is C34H26O15.